The molecule has 4 nitrogen and oxygen atoms in total. The van der Waals surface area contributed by atoms with Crippen LogP contribution in [-0.2, 0) is 28.0 Å². The fraction of sp³-hybridized carbons (Fsp3) is 1.00. The third-order valence-electron chi connectivity index (χ3n) is 0.897. The summed E-state index contributed by atoms with van der Waals surface area (Å²) in [5.74, 6) is 0.281. The molecule has 0 aromatic rings. The fourth-order valence-electron chi connectivity index (χ4n) is 0.363. The maximum Gasteiger partial charge on any atom is 0 e. The van der Waals surface area contributed by atoms with Crippen LogP contribution in [0.15, 0.2) is 0 Å². The van der Waals surface area contributed by atoms with Crippen LogP contribution in [0, 0.1) is 5.92 Å². The van der Waals surface area contributed by atoms with Crippen molar-refractivity contribution in [1.29, 1.82) is 0 Å². The Bertz CT molecular complexity index is 150. The smallest absolute Gasteiger partial charge is 0 e. The van der Waals surface area contributed by atoms with E-state index in [9.17, 15) is 0 Å². The molecule has 0 saturated carbocycles. The molecule has 1 aliphatic heterocycles. The van der Waals surface area contributed by atoms with E-state index >= 15 is 0 Å². The number of hydrogen-bond acceptors (Lipinski definition) is 7. The summed E-state index contributed by atoms with van der Waals surface area (Å²) in [4.78, 5) is 18.1. The van der Waals surface area contributed by atoms with Gasteiger partial charge in [-0.05, 0) is 0 Å². The minimum absolute atomic E-state index is 0. The van der Waals surface area contributed by atoms with Gasteiger partial charge in [0.2, 0.25) is 0 Å². The van der Waals surface area contributed by atoms with Crippen molar-refractivity contribution in [2.75, 3.05) is 6.61 Å². The van der Waals surface area contributed by atoms with E-state index in [0.717, 1.165) is 0 Å². The average Bonchev–Trinajstić information content (AvgIpc) is 2.65. The number of hydrogen-bond donors (Lipinski definition) is 4. The average molecular weight is 318 g/mol. The van der Waals surface area contributed by atoms with Crippen LogP contribution in [-0.4, -0.2) is 16.4 Å². The third kappa shape index (κ3) is 7.82. The molecule has 1 heterocycles. The largest absolute Gasteiger partial charge is 0.115 e. The topological polar surface area (TPSA) is 62.2 Å². The monoisotopic (exact) mass is 316 g/mol. The van der Waals surface area contributed by atoms with Crippen molar-refractivity contribution >= 4 is 41.7 Å². The van der Waals surface area contributed by atoms with Gasteiger partial charge in [-0.1, -0.05) is 0 Å². The van der Waals surface area contributed by atoms with Crippen LogP contribution in [0.4, 0.5) is 0 Å². The van der Waals surface area contributed by atoms with Gasteiger partial charge in [0.05, 0.1) is 0 Å². The van der Waals surface area contributed by atoms with E-state index in [1.165, 1.54) is 0 Å². The van der Waals surface area contributed by atoms with Gasteiger partial charge >= 0.3 is 63.0 Å². The zero-order chi connectivity index (χ0) is 9.85. The summed E-state index contributed by atoms with van der Waals surface area (Å²) < 4.78 is 9.14. The molecule has 13 heavy (non-hydrogen) atoms. The summed E-state index contributed by atoms with van der Waals surface area (Å²) in [6.45, 7) is 0.159. The van der Waals surface area contributed by atoms with Gasteiger partial charge in [0, 0.05) is 19.5 Å². The first kappa shape index (κ1) is 17.3. The van der Waals surface area contributed by atoms with E-state index in [0.29, 0.717) is 18.3 Å². The van der Waals surface area contributed by atoms with Crippen molar-refractivity contribution in [1.82, 2.24) is 0 Å². The molecule has 0 bridgehead atoms. The zero-order valence-corrected chi connectivity index (χ0v) is 13.9. The van der Waals surface area contributed by atoms with Gasteiger partial charge in [-0.3, -0.25) is 0 Å². The van der Waals surface area contributed by atoms with Crippen LogP contribution < -0.4 is 0 Å². The SMILES string of the molecule is CC(C)COP1(O)(O)OS1.SS.[Zn]. The van der Waals surface area contributed by atoms with Gasteiger partial charge in [0.1, 0.15) is 0 Å². The molecule has 0 aliphatic carbocycles. The van der Waals surface area contributed by atoms with E-state index in [1.54, 1.807) is 0 Å². The molecule has 9 heteroatoms. The molecule has 0 aromatic heterocycles. The van der Waals surface area contributed by atoms with Gasteiger partial charge in [-0.25, -0.2) is 0 Å². The molecule has 0 amide bonds. The Labute approximate surface area is 105 Å². The molecular weight excluding hydrogens is 305 g/mol. The van der Waals surface area contributed by atoms with Crippen LogP contribution in [0.25, 0.3) is 0 Å². The Morgan fingerprint density at radius 1 is 1.46 bits per heavy atom. The zero-order valence-electron chi connectivity index (χ0n) is 7.45. The van der Waals surface area contributed by atoms with E-state index in [2.05, 4.69) is 27.3 Å². The molecule has 78 valence electrons. The first-order chi connectivity index (χ1) is 5.41. The van der Waals surface area contributed by atoms with Crippen molar-refractivity contribution in [3.63, 3.8) is 0 Å². The Morgan fingerprint density at radius 3 is 2.08 bits per heavy atom. The molecule has 2 N–H and O–H groups in total. The standard InChI is InChI=1S/C4H11O4PS.H2S2.Zn/c1-4(2)3-7-9(5,6)8-10-9;1-2;/h4-6H,3H2,1-2H3;1-2H;. The molecule has 0 unspecified atom stereocenters. The molecule has 0 atom stereocenters. The normalized spacial score (nSPS) is 24.4. The molecule has 0 spiro atoms. The van der Waals surface area contributed by atoms with Crippen LogP contribution in [0.1, 0.15) is 13.8 Å². The predicted octanol–water partition coefficient (Wildman–Crippen LogP) is 2.21. The van der Waals surface area contributed by atoms with Crippen molar-refractivity contribution in [3.05, 3.63) is 0 Å². The Kier molecular flexibility index (Phi) is 8.68. The maximum absolute atomic E-state index is 9.05. The fourth-order valence-corrected chi connectivity index (χ4v) is 2.57. The Morgan fingerprint density at radius 2 is 1.85 bits per heavy atom. The van der Waals surface area contributed by atoms with Crippen molar-refractivity contribution in [2.45, 2.75) is 13.8 Å². The molecule has 0 radical (unpaired) electrons. The second-order valence-electron chi connectivity index (χ2n) is 2.64. The molecule has 1 saturated heterocycles. The van der Waals surface area contributed by atoms with Crippen LogP contribution in [0.2, 0.25) is 0 Å². The van der Waals surface area contributed by atoms with Crippen LogP contribution in [0.3, 0.4) is 0 Å². The van der Waals surface area contributed by atoms with Gasteiger partial charge in [-0.15, -0.1) is 23.3 Å². The van der Waals surface area contributed by atoms with Crippen molar-refractivity contribution in [3.8, 4) is 0 Å². The summed E-state index contributed by atoms with van der Waals surface area (Å²) in [6.07, 6.45) is 0. The molecular formula is C4H13O4PS3Zn. The number of rotatable bonds is 3. The minimum Gasteiger partial charge on any atom is -0.115 e. The molecule has 1 fully saturated rings. The van der Waals surface area contributed by atoms with Crippen LogP contribution >= 0.6 is 41.7 Å². The first-order valence-corrected chi connectivity index (χ1v) is 8.09. The summed E-state index contributed by atoms with van der Waals surface area (Å²) in [5.41, 5.74) is 0. The van der Waals surface area contributed by atoms with E-state index in [4.69, 9.17) is 14.3 Å². The van der Waals surface area contributed by atoms with Crippen LogP contribution in [0.5, 0.6) is 0 Å². The summed E-state index contributed by atoms with van der Waals surface area (Å²) >= 11 is 7.08. The summed E-state index contributed by atoms with van der Waals surface area (Å²) in [6, 6.07) is 0. The Hall–Kier alpha value is 1.94. The van der Waals surface area contributed by atoms with Gasteiger partial charge in [-0.2, -0.15) is 0 Å². The summed E-state index contributed by atoms with van der Waals surface area (Å²) in [7, 11) is 0. The maximum atomic E-state index is 9.05. The number of thiol groups is 2. The molecule has 1 rings (SSSR count). The van der Waals surface area contributed by atoms with Gasteiger partial charge in [0.25, 0.3) is 0 Å². The van der Waals surface area contributed by atoms with E-state index in [1.807, 2.05) is 13.8 Å². The van der Waals surface area contributed by atoms with E-state index < -0.39 is 6.71 Å². The van der Waals surface area contributed by atoms with Gasteiger partial charge in [0.15, 0.2) is 0 Å². The Balaban J connectivity index is 0. The van der Waals surface area contributed by atoms with E-state index in [-0.39, 0.29) is 25.4 Å². The molecule has 0 aromatic carbocycles. The quantitative estimate of drug-likeness (QED) is 0.161. The minimum atomic E-state index is -4.00. The van der Waals surface area contributed by atoms with Crippen molar-refractivity contribution in [2.24, 2.45) is 5.92 Å². The summed E-state index contributed by atoms with van der Waals surface area (Å²) in [5, 5.41) is 0. The second-order valence-corrected chi connectivity index (χ2v) is 7.57. The predicted molar refractivity (Wildman–Crippen MR) is 58.8 cm³/mol. The third-order valence-corrected chi connectivity index (χ3v) is 3.95. The first-order valence-electron chi connectivity index (χ1n) is 3.17. The van der Waals surface area contributed by atoms with Gasteiger partial charge < -0.3 is 0 Å². The van der Waals surface area contributed by atoms with Crippen molar-refractivity contribution < 1.29 is 37.8 Å². The second kappa shape index (κ2) is 6.51. The molecule has 1 aliphatic rings.